The van der Waals surface area contributed by atoms with E-state index in [1.54, 1.807) is 30.4 Å². The van der Waals surface area contributed by atoms with Crippen LogP contribution in [0.1, 0.15) is 11.8 Å². The first-order chi connectivity index (χ1) is 12.2. The zero-order valence-corrected chi connectivity index (χ0v) is 15.6. The van der Waals surface area contributed by atoms with Crippen molar-refractivity contribution < 1.29 is 17.9 Å². The Morgan fingerprint density at radius 3 is 2.35 bits per heavy atom. The van der Waals surface area contributed by atoms with E-state index >= 15 is 0 Å². The van der Waals surface area contributed by atoms with E-state index < -0.39 is 21.9 Å². The fraction of sp³-hybridized carbons (Fsp3) is 0.158. The van der Waals surface area contributed by atoms with Gasteiger partial charge in [-0.05, 0) is 54.4 Å². The van der Waals surface area contributed by atoms with Gasteiger partial charge in [-0.3, -0.25) is 0 Å². The summed E-state index contributed by atoms with van der Waals surface area (Å²) in [5.41, 5.74) is 1.81. The third-order valence-electron chi connectivity index (χ3n) is 3.90. The lowest BCUT2D eigenvalue weighted by Crippen LogP contribution is -2.11. The number of aliphatic hydroxyl groups excluding tert-OH is 1. The van der Waals surface area contributed by atoms with E-state index in [1.807, 2.05) is 12.1 Å². The maximum atomic E-state index is 14.3. The van der Waals surface area contributed by atoms with Crippen LogP contribution in [-0.2, 0) is 16.4 Å². The number of nitrogens with two attached hydrogens (primary N) is 1. The number of hydrogen-bond donors (Lipinski definition) is 2. The summed E-state index contributed by atoms with van der Waals surface area (Å²) in [5, 5.41) is 14.6. The van der Waals surface area contributed by atoms with E-state index in [1.165, 1.54) is 30.3 Å². The average Bonchev–Trinajstić information content (AvgIpc) is 3.02. The van der Waals surface area contributed by atoms with Crippen LogP contribution in [0, 0.1) is 5.82 Å². The minimum Gasteiger partial charge on any atom is -0.393 e. The minimum absolute atomic E-state index is 0.0150. The first-order valence-corrected chi connectivity index (χ1v) is 10.3. The van der Waals surface area contributed by atoms with Crippen molar-refractivity contribution >= 4 is 21.4 Å². The molecule has 3 N–H and O–H groups in total. The fourth-order valence-corrected chi connectivity index (χ4v) is 4.30. The summed E-state index contributed by atoms with van der Waals surface area (Å²) in [5.74, 6) is -0.391. The van der Waals surface area contributed by atoms with Crippen LogP contribution in [0.3, 0.4) is 0 Å². The monoisotopic (exact) mass is 391 g/mol. The number of halogens is 1. The lowest BCUT2D eigenvalue weighted by atomic mass is 10.0. The minimum atomic E-state index is -3.78. The van der Waals surface area contributed by atoms with Crippen molar-refractivity contribution in [1.82, 2.24) is 0 Å². The van der Waals surface area contributed by atoms with Crippen molar-refractivity contribution in [3.05, 3.63) is 65.3 Å². The van der Waals surface area contributed by atoms with E-state index in [2.05, 4.69) is 0 Å². The molecule has 1 aromatic heterocycles. The normalized spacial score (nSPS) is 12.9. The highest BCUT2D eigenvalue weighted by atomic mass is 32.2. The summed E-state index contributed by atoms with van der Waals surface area (Å²) < 4.78 is 37.0. The Bertz CT molecular complexity index is 1030. The molecular weight excluding hydrogens is 373 g/mol. The van der Waals surface area contributed by atoms with Gasteiger partial charge in [-0.15, -0.1) is 11.3 Å². The molecule has 0 spiro atoms. The molecule has 3 aromatic rings. The third kappa shape index (κ3) is 4.19. The van der Waals surface area contributed by atoms with Gasteiger partial charge in [0.25, 0.3) is 0 Å². The van der Waals surface area contributed by atoms with Crippen molar-refractivity contribution in [2.24, 2.45) is 5.14 Å². The predicted octanol–water partition coefficient (Wildman–Crippen LogP) is 3.79. The van der Waals surface area contributed by atoms with Crippen LogP contribution in [-0.4, -0.2) is 19.6 Å². The zero-order valence-electron chi connectivity index (χ0n) is 14.0. The molecule has 0 saturated heterocycles. The lowest BCUT2D eigenvalue weighted by Gasteiger charge is -2.07. The third-order valence-corrected chi connectivity index (χ3v) is 5.99. The van der Waals surface area contributed by atoms with Gasteiger partial charge in [0.2, 0.25) is 10.0 Å². The molecule has 136 valence electrons. The summed E-state index contributed by atoms with van der Waals surface area (Å²) >= 11 is 1.55. The van der Waals surface area contributed by atoms with E-state index in [4.69, 9.17) is 5.14 Å². The van der Waals surface area contributed by atoms with Gasteiger partial charge in [-0.25, -0.2) is 17.9 Å². The predicted molar refractivity (Wildman–Crippen MR) is 102 cm³/mol. The van der Waals surface area contributed by atoms with Gasteiger partial charge in [0.15, 0.2) is 0 Å². The quantitative estimate of drug-likeness (QED) is 0.694. The molecule has 1 unspecified atom stereocenters. The number of aliphatic hydroxyl groups is 1. The van der Waals surface area contributed by atoms with Crippen LogP contribution >= 0.6 is 11.3 Å². The number of primary sulfonamides is 1. The standard InChI is InChI=1S/C19H18FNO3S2/c1-12(22)10-15-5-9-19(25-15)14-4-8-18(20)17(11-14)13-2-6-16(7-3-13)26(21,23)24/h2-9,11-12,22H,10H2,1H3,(H2,21,23,24). The number of hydrogen-bond acceptors (Lipinski definition) is 4. The lowest BCUT2D eigenvalue weighted by molar-refractivity contribution is 0.196. The topological polar surface area (TPSA) is 80.4 Å². The molecule has 26 heavy (non-hydrogen) atoms. The van der Waals surface area contributed by atoms with Crippen LogP contribution in [0.4, 0.5) is 4.39 Å². The van der Waals surface area contributed by atoms with E-state index in [-0.39, 0.29) is 4.90 Å². The Morgan fingerprint density at radius 2 is 1.73 bits per heavy atom. The summed E-state index contributed by atoms with van der Waals surface area (Å²) in [6.07, 6.45) is 0.163. The molecule has 0 bridgehead atoms. The van der Waals surface area contributed by atoms with E-state index in [0.29, 0.717) is 17.5 Å². The molecule has 2 aromatic carbocycles. The van der Waals surface area contributed by atoms with Crippen LogP contribution in [0.2, 0.25) is 0 Å². The van der Waals surface area contributed by atoms with Crippen LogP contribution in [0.5, 0.6) is 0 Å². The summed E-state index contributed by atoms with van der Waals surface area (Å²) in [6, 6.07) is 14.5. The Labute approximate surface area is 155 Å². The van der Waals surface area contributed by atoms with Crippen LogP contribution < -0.4 is 5.14 Å². The van der Waals surface area contributed by atoms with Crippen molar-refractivity contribution in [2.45, 2.75) is 24.3 Å². The second-order valence-corrected chi connectivity index (χ2v) is 8.81. The number of thiophene rings is 1. The molecule has 0 aliphatic rings. The molecular formula is C19H18FNO3S2. The highest BCUT2D eigenvalue weighted by Gasteiger charge is 2.12. The van der Waals surface area contributed by atoms with Gasteiger partial charge < -0.3 is 5.11 Å². The van der Waals surface area contributed by atoms with Crippen molar-refractivity contribution in [2.75, 3.05) is 0 Å². The SMILES string of the molecule is CC(O)Cc1ccc(-c2ccc(F)c(-c3ccc(S(N)(=O)=O)cc3)c2)s1. The summed E-state index contributed by atoms with van der Waals surface area (Å²) in [4.78, 5) is 2.01. The molecule has 0 saturated carbocycles. The maximum Gasteiger partial charge on any atom is 0.238 e. The smallest absolute Gasteiger partial charge is 0.238 e. The Hall–Kier alpha value is -2.06. The molecule has 0 amide bonds. The van der Waals surface area contributed by atoms with E-state index in [9.17, 15) is 17.9 Å². The molecule has 0 radical (unpaired) electrons. The summed E-state index contributed by atoms with van der Waals surface area (Å²) in [7, 11) is -3.78. The molecule has 1 heterocycles. The number of sulfonamides is 1. The van der Waals surface area contributed by atoms with E-state index in [0.717, 1.165) is 15.3 Å². The summed E-state index contributed by atoms with van der Waals surface area (Å²) in [6.45, 7) is 1.74. The fourth-order valence-electron chi connectivity index (χ4n) is 2.66. The number of rotatable bonds is 5. The number of benzene rings is 2. The second-order valence-electron chi connectivity index (χ2n) is 6.08. The molecule has 0 fully saturated rings. The van der Waals surface area contributed by atoms with Crippen LogP contribution in [0.15, 0.2) is 59.5 Å². The molecule has 7 heteroatoms. The Balaban J connectivity index is 1.96. The van der Waals surface area contributed by atoms with Gasteiger partial charge in [-0.2, -0.15) is 0 Å². The maximum absolute atomic E-state index is 14.3. The molecule has 4 nitrogen and oxygen atoms in total. The largest absolute Gasteiger partial charge is 0.393 e. The van der Waals surface area contributed by atoms with Crippen molar-refractivity contribution in [3.8, 4) is 21.6 Å². The average molecular weight is 391 g/mol. The van der Waals surface area contributed by atoms with Gasteiger partial charge in [0, 0.05) is 21.7 Å². The van der Waals surface area contributed by atoms with Crippen molar-refractivity contribution in [3.63, 3.8) is 0 Å². The van der Waals surface area contributed by atoms with Gasteiger partial charge >= 0.3 is 0 Å². The first-order valence-electron chi connectivity index (χ1n) is 7.94. The van der Waals surface area contributed by atoms with Crippen molar-refractivity contribution in [1.29, 1.82) is 0 Å². The van der Waals surface area contributed by atoms with Gasteiger partial charge in [0.1, 0.15) is 5.82 Å². The second kappa shape index (κ2) is 7.28. The van der Waals surface area contributed by atoms with Gasteiger partial charge in [0.05, 0.1) is 11.0 Å². The Kier molecular flexibility index (Phi) is 5.24. The van der Waals surface area contributed by atoms with Crippen LogP contribution in [0.25, 0.3) is 21.6 Å². The Morgan fingerprint density at radius 1 is 1.08 bits per heavy atom. The first kappa shape index (κ1) is 18.7. The highest BCUT2D eigenvalue weighted by Crippen LogP contribution is 2.33. The van der Waals surface area contributed by atoms with Gasteiger partial charge in [-0.1, -0.05) is 18.2 Å². The highest BCUT2D eigenvalue weighted by molar-refractivity contribution is 7.89. The zero-order chi connectivity index (χ0) is 18.9. The molecule has 3 rings (SSSR count). The molecule has 1 atom stereocenters. The molecule has 0 aliphatic carbocycles. The molecule has 0 aliphatic heterocycles.